The Morgan fingerprint density at radius 2 is 2.00 bits per heavy atom. The van der Waals surface area contributed by atoms with Gasteiger partial charge in [-0.05, 0) is 19.3 Å². The molecule has 1 amide bonds. The molecule has 1 aliphatic rings. The second-order valence-corrected chi connectivity index (χ2v) is 6.66. The molecule has 1 N–H and O–H groups in total. The van der Waals surface area contributed by atoms with Crippen molar-refractivity contribution >= 4 is 27.5 Å². The maximum Gasteiger partial charge on any atom is 0.220 e. The third-order valence-electron chi connectivity index (χ3n) is 2.83. The van der Waals surface area contributed by atoms with Crippen LogP contribution in [0.3, 0.4) is 0 Å². The van der Waals surface area contributed by atoms with E-state index in [2.05, 4.69) is 5.32 Å². The lowest BCUT2D eigenvalue weighted by molar-refractivity contribution is -0.122. The van der Waals surface area contributed by atoms with E-state index in [1.54, 1.807) is 0 Å². The summed E-state index contributed by atoms with van der Waals surface area (Å²) in [5.74, 6) is 0.489. The van der Waals surface area contributed by atoms with Gasteiger partial charge in [0.2, 0.25) is 15.9 Å². The Morgan fingerprint density at radius 1 is 1.41 bits per heavy atom. The first kappa shape index (κ1) is 14.7. The number of rotatable bonds is 5. The van der Waals surface area contributed by atoms with E-state index in [0.717, 1.165) is 0 Å². The summed E-state index contributed by atoms with van der Waals surface area (Å²) < 4.78 is 24.0. The van der Waals surface area contributed by atoms with Crippen molar-refractivity contribution in [1.82, 2.24) is 9.62 Å². The Kier molecular flexibility index (Phi) is 5.69. The average molecular weight is 283 g/mol. The summed E-state index contributed by atoms with van der Waals surface area (Å²) in [5.41, 5.74) is 0. The van der Waals surface area contributed by atoms with Gasteiger partial charge in [-0.3, -0.25) is 4.79 Å². The monoisotopic (exact) mass is 282 g/mol. The summed E-state index contributed by atoms with van der Waals surface area (Å²) >= 11 is 5.50. The summed E-state index contributed by atoms with van der Waals surface area (Å²) in [5, 5.41) is 2.91. The molecule has 0 saturated carbocycles. The standard InChI is InChI=1S/C10H19ClN2O3S/c1-17(15,16)13-7-4-9(5-8-13)12-10(14)3-2-6-11/h9H,2-8H2,1H3,(H,12,14). The summed E-state index contributed by atoms with van der Waals surface area (Å²) in [7, 11) is -3.09. The molecular formula is C10H19ClN2O3S. The lowest BCUT2D eigenvalue weighted by Crippen LogP contribution is -2.46. The highest BCUT2D eigenvalue weighted by Gasteiger charge is 2.25. The van der Waals surface area contributed by atoms with Crippen LogP contribution in [0.4, 0.5) is 0 Å². The molecule has 17 heavy (non-hydrogen) atoms. The highest BCUT2D eigenvalue weighted by atomic mass is 35.5. The van der Waals surface area contributed by atoms with Crippen molar-refractivity contribution in [1.29, 1.82) is 0 Å². The van der Waals surface area contributed by atoms with Crippen LogP contribution in [0.2, 0.25) is 0 Å². The van der Waals surface area contributed by atoms with Crippen LogP contribution < -0.4 is 5.32 Å². The Morgan fingerprint density at radius 3 is 2.47 bits per heavy atom. The molecule has 0 radical (unpaired) electrons. The van der Waals surface area contributed by atoms with Crippen LogP contribution in [0.15, 0.2) is 0 Å². The smallest absolute Gasteiger partial charge is 0.220 e. The molecule has 1 fully saturated rings. The molecule has 5 nitrogen and oxygen atoms in total. The topological polar surface area (TPSA) is 66.5 Å². The lowest BCUT2D eigenvalue weighted by atomic mass is 10.1. The number of sulfonamides is 1. The van der Waals surface area contributed by atoms with Crippen LogP contribution in [-0.4, -0.2) is 49.9 Å². The molecule has 0 aromatic heterocycles. The SMILES string of the molecule is CS(=O)(=O)N1CCC(NC(=O)CCCCl)CC1. The van der Waals surface area contributed by atoms with Crippen LogP contribution in [0.1, 0.15) is 25.7 Å². The summed E-state index contributed by atoms with van der Waals surface area (Å²) in [4.78, 5) is 11.4. The number of nitrogens with one attached hydrogen (secondary N) is 1. The van der Waals surface area contributed by atoms with E-state index in [-0.39, 0.29) is 11.9 Å². The van der Waals surface area contributed by atoms with Gasteiger partial charge in [-0.15, -0.1) is 11.6 Å². The van der Waals surface area contributed by atoms with Crippen molar-refractivity contribution in [3.05, 3.63) is 0 Å². The van der Waals surface area contributed by atoms with E-state index >= 15 is 0 Å². The van der Waals surface area contributed by atoms with Crippen LogP contribution in [-0.2, 0) is 14.8 Å². The van der Waals surface area contributed by atoms with E-state index in [4.69, 9.17) is 11.6 Å². The number of alkyl halides is 1. The molecule has 1 heterocycles. The first-order valence-electron chi connectivity index (χ1n) is 5.74. The number of carbonyl (C=O) groups is 1. The molecule has 0 spiro atoms. The Hall–Kier alpha value is -0.330. The summed E-state index contributed by atoms with van der Waals surface area (Å²) in [6.45, 7) is 0.971. The molecule has 1 rings (SSSR count). The number of halogens is 1. The zero-order chi connectivity index (χ0) is 12.9. The highest BCUT2D eigenvalue weighted by Crippen LogP contribution is 2.13. The Bertz CT molecular complexity index is 351. The third-order valence-corrected chi connectivity index (χ3v) is 4.40. The molecule has 100 valence electrons. The minimum Gasteiger partial charge on any atom is -0.353 e. The maximum atomic E-state index is 11.4. The highest BCUT2D eigenvalue weighted by molar-refractivity contribution is 7.88. The van der Waals surface area contributed by atoms with E-state index in [9.17, 15) is 13.2 Å². The van der Waals surface area contributed by atoms with Gasteiger partial charge in [0.05, 0.1) is 6.26 Å². The van der Waals surface area contributed by atoms with Crippen molar-refractivity contribution < 1.29 is 13.2 Å². The van der Waals surface area contributed by atoms with Gasteiger partial charge in [0.1, 0.15) is 0 Å². The number of carbonyl (C=O) groups excluding carboxylic acids is 1. The van der Waals surface area contributed by atoms with E-state index in [1.807, 2.05) is 0 Å². The molecule has 0 aliphatic carbocycles. The molecule has 1 saturated heterocycles. The van der Waals surface area contributed by atoms with Crippen molar-refractivity contribution in [3.63, 3.8) is 0 Å². The van der Waals surface area contributed by atoms with E-state index in [1.165, 1.54) is 10.6 Å². The van der Waals surface area contributed by atoms with Crippen molar-refractivity contribution in [2.45, 2.75) is 31.7 Å². The van der Waals surface area contributed by atoms with Gasteiger partial charge in [0, 0.05) is 31.4 Å². The molecular weight excluding hydrogens is 264 g/mol. The first-order chi connectivity index (χ1) is 7.93. The fourth-order valence-electron chi connectivity index (χ4n) is 1.86. The fourth-order valence-corrected chi connectivity index (χ4v) is 2.87. The van der Waals surface area contributed by atoms with Gasteiger partial charge in [-0.2, -0.15) is 0 Å². The van der Waals surface area contributed by atoms with Gasteiger partial charge in [0.25, 0.3) is 0 Å². The predicted octanol–water partition coefficient (Wildman–Crippen LogP) is 0.546. The van der Waals surface area contributed by atoms with Gasteiger partial charge in [-0.25, -0.2) is 12.7 Å². The number of nitrogens with zero attached hydrogens (tertiary/aromatic N) is 1. The molecule has 7 heteroatoms. The predicted molar refractivity (Wildman–Crippen MR) is 67.5 cm³/mol. The fraction of sp³-hybridized carbons (Fsp3) is 0.900. The van der Waals surface area contributed by atoms with Gasteiger partial charge in [0.15, 0.2) is 0 Å². The molecule has 0 bridgehead atoms. The van der Waals surface area contributed by atoms with E-state index < -0.39 is 10.0 Å². The van der Waals surface area contributed by atoms with Crippen LogP contribution in [0.25, 0.3) is 0 Å². The molecule has 0 aromatic rings. The normalized spacial score (nSPS) is 19.2. The number of amides is 1. The van der Waals surface area contributed by atoms with Crippen LogP contribution in [0.5, 0.6) is 0 Å². The van der Waals surface area contributed by atoms with Crippen molar-refractivity contribution in [2.75, 3.05) is 25.2 Å². The summed E-state index contributed by atoms with van der Waals surface area (Å²) in [6, 6.07) is 0.0934. The molecule has 0 unspecified atom stereocenters. The maximum absolute atomic E-state index is 11.4. The minimum atomic E-state index is -3.09. The van der Waals surface area contributed by atoms with E-state index in [0.29, 0.717) is 44.7 Å². The zero-order valence-corrected chi connectivity index (χ0v) is 11.6. The molecule has 0 atom stereocenters. The molecule has 0 aromatic carbocycles. The quantitative estimate of drug-likeness (QED) is 0.749. The van der Waals surface area contributed by atoms with Crippen molar-refractivity contribution in [3.8, 4) is 0 Å². The third kappa shape index (κ3) is 5.23. The largest absolute Gasteiger partial charge is 0.353 e. The van der Waals surface area contributed by atoms with Gasteiger partial charge >= 0.3 is 0 Å². The zero-order valence-electron chi connectivity index (χ0n) is 9.99. The number of piperidine rings is 1. The van der Waals surface area contributed by atoms with Crippen molar-refractivity contribution in [2.24, 2.45) is 0 Å². The average Bonchev–Trinajstić information content (AvgIpc) is 2.26. The second kappa shape index (κ2) is 6.56. The summed E-state index contributed by atoms with van der Waals surface area (Å²) in [6.07, 6.45) is 3.69. The van der Waals surface area contributed by atoms with Gasteiger partial charge in [-0.1, -0.05) is 0 Å². The second-order valence-electron chi connectivity index (χ2n) is 4.30. The minimum absolute atomic E-state index is 0.00320. The van der Waals surface area contributed by atoms with Gasteiger partial charge < -0.3 is 5.32 Å². The first-order valence-corrected chi connectivity index (χ1v) is 8.12. The Labute approximate surface area is 108 Å². The van der Waals surface area contributed by atoms with Crippen LogP contribution in [0, 0.1) is 0 Å². The Balaban J connectivity index is 2.30. The number of hydrogen-bond donors (Lipinski definition) is 1. The number of hydrogen-bond acceptors (Lipinski definition) is 3. The van der Waals surface area contributed by atoms with Crippen LogP contribution >= 0.6 is 11.6 Å². The lowest BCUT2D eigenvalue weighted by Gasteiger charge is -2.30. The molecule has 1 aliphatic heterocycles.